The maximum Gasteiger partial charge on any atom is 0.336 e. The van der Waals surface area contributed by atoms with Crippen molar-refractivity contribution in [2.24, 2.45) is 10.9 Å². The smallest absolute Gasteiger partial charge is 0.336 e. The molecule has 34 heavy (non-hydrogen) atoms. The van der Waals surface area contributed by atoms with Gasteiger partial charge in [-0.2, -0.15) is 0 Å². The second-order valence-corrected chi connectivity index (χ2v) is 9.75. The molecule has 0 bridgehead atoms. The fourth-order valence-corrected chi connectivity index (χ4v) is 5.51. The van der Waals surface area contributed by atoms with Crippen molar-refractivity contribution in [2.75, 3.05) is 13.7 Å². The van der Waals surface area contributed by atoms with Gasteiger partial charge in [-0.15, -0.1) is 0 Å². The maximum absolute atomic E-state index is 13.6. The van der Waals surface area contributed by atoms with Crippen LogP contribution in [0.4, 0.5) is 0 Å². The molecular weight excluding hydrogens is 522 g/mol. The Balaban J connectivity index is 1.82. The van der Waals surface area contributed by atoms with Gasteiger partial charge in [0.1, 0.15) is 5.78 Å². The molecule has 1 fully saturated rings. The molecule has 0 spiro atoms. The summed E-state index contributed by atoms with van der Waals surface area (Å²) in [5.41, 5.74) is 3.31. The minimum absolute atomic E-state index is 0.00557. The standard InChI is InChI=1S/C26H25BrClNO5/c1-4-34-21-12-16(9-18(27)25(21)31)23-22(26(32)33-3)13(2)29-19-10-15(11-20(30)24(19)23)14-5-7-17(28)8-6-14/h5-9,12,15,23-24,31H,4,10-11H2,1-3H3/t15-,23-,24?/m0/s1. The molecule has 8 heteroatoms. The third kappa shape index (κ3) is 4.51. The van der Waals surface area contributed by atoms with Crippen molar-refractivity contribution in [1.29, 1.82) is 0 Å². The van der Waals surface area contributed by atoms with Gasteiger partial charge in [0.2, 0.25) is 0 Å². The van der Waals surface area contributed by atoms with Crippen LogP contribution in [0.2, 0.25) is 5.02 Å². The topological polar surface area (TPSA) is 85.2 Å². The van der Waals surface area contributed by atoms with E-state index in [9.17, 15) is 14.7 Å². The molecule has 2 aromatic carbocycles. The number of hydrogen-bond acceptors (Lipinski definition) is 6. The quantitative estimate of drug-likeness (QED) is 0.468. The van der Waals surface area contributed by atoms with Gasteiger partial charge in [0.15, 0.2) is 11.5 Å². The molecule has 1 N–H and O–H groups in total. The molecule has 6 nitrogen and oxygen atoms in total. The van der Waals surface area contributed by atoms with Gasteiger partial charge in [-0.3, -0.25) is 9.79 Å². The van der Waals surface area contributed by atoms with E-state index < -0.39 is 17.8 Å². The van der Waals surface area contributed by atoms with E-state index in [0.29, 0.717) is 45.8 Å². The first-order valence-electron chi connectivity index (χ1n) is 11.0. The molecule has 4 rings (SSSR count). The highest BCUT2D eigenvalue weighted by Gasteiger charge is 2.46. The average Bonchev–Trinajstić information content (AvgIpc) is 2.81. The van der Waals surface area contributed by atoms with Crippen LogP contribution < -0.4 is 4.74 Å². The van der Waals surface area contributed by atoms with E-state index in [1.807, 2.05) is 31.2 Å². The lowest BCUT2D eigenvalue weighted by atomic mass is 9.66. The molecule has 0 saturated heterocycles. The summed E-state index contributed by atoms with van der Waals surface area (Å²) < 4.78 is 11.1. The third-order valence-corrected chi connectivity index (χ3v) is 7.27. The van der Waals surface area contributed by atoms with Crippen molar-refractivity contribution in [3.05, 3.63) is 68.3 Å². The number of phenolic OH excluding ortho intramolecular Hbond substituents is 1. The molecule has 0 aromatic heterocycles. The van der Waals surface area contributed by atoms with Crippen molar-refractivity contribution in [1.82, 2.24) is 0 Å². The number of benzene rings is 2. The van der Waals surface area contributed by atoms with Gasteiger partial charge >= 0.3 is 5.97 Å². The van der Waals surface area contributed by atoms with Crippen LogP contribution in [0.5, 0.6) is 11.5 Å². The Hall–Kier alpha value is -2.64. The first kappa shape index (κ1) is 24.5. The summed E-state index contributed by atoms with van der Waals surface area (Å²) in [6, 6.07) is 10.9. The van der Waals surface area contributed by atoms with E-state index in [2.05, 4.69) is 15.9 Å². The van der Waals surface area contributed by atoms with Gasteiger partial charge in [-0.25, -0.2) is 4.79 Å². The van der Waals surface area contributed by atoms with Crippen LogP contribution in [0.25, 0.3) is 0 Å². The largest absolute Gasteiger partial charge is 0.503 e. The van der Waals surface area contributed by atoms with Crippen molar-refractivity contribution >= 4 is 45.0 Å². The van der Waals surface area contributed by atoms with Gasteiger partial charge in [0, 0.05) is 28.8 Å². The molecular formula is C26H25BrClNO5. The Morgan fingerprint density at radius 3 is 2.53 bits per heavy atom. The molecule has 1 aliphatic heterocycles. The summed E-state index contributed by atoms with van der Waals surface area (Å²) in [7, 11) is 1.32. The fourth-order valence-electron chi connectivity index (χ4n) is 4.92. The van der Waals surface area contributed by atoms with E-state index in [1.54, 1.807) is 19.1 Å². The van der Waals surface area contributed by atoms with Crippen LogP contribution in [0.3, 0.4) is 0 Å². The van der Waals surface area contributed by atoms with E-state index in [0.717, 1.165) is 11.3 Å². The zero-order chi connectivity index (χ0) is 24.6. The lowest BCUT2D eigenvalue weighted by Crippen LogP contribution is -2.41. The van der Waals surface area contributed by atoms with Crippen molar-refractivity contribution in [2.45, 2.75) is 38.5 Å². The monoisotopic (exact) mass is 545 g/mol. The molecule has 0 amide bonds. The number of nitrogens with zero attached hydrogens (tertiary/aromatic N) is 1. The summed E-state index contributed by atoms with van der Waals surface area (Å²) in [5.74, 6) is -1.50. The Kier molecular flexibility index (Phi) is 7.14. The lowest BCUT2D eigenvalue weighted by molar-refractivity contribution is -0.136. The number of halogens is 2. The molecule has 2 aromatic rings. The summed E-state index contributed by atoms with van der Waals surface area (Å²) in [6.07, 6.45) is 0.921. The molecule has 1 saturated carbocycles. The van der Waals surface area contributed by atoms with Gasteiger partial charge < -0.3 is 14.6 Å². The molecule has 1 unspecified atom stereocenters. The average molecular weight is 547 g/mol. The number of aromatic hydroxyl groups is 1. The summed E-state index contributed by atoms with van der Waals surface area (Å²) in [4.78, 5) is 31.2. The molecule has 3 atom stereocenters. The SMILES string of the molecule is CCOc1cc([C@H]2C(C(=O)OC)=C(C)N=C3C[C@H](c4ccc(Cl)cc4)CC(=O)C32)cc(Br)c1O. The number of aliphatic imine (C=N–C) groups is 1. The van der Waals surface area contributed by atoms with Crippen LogP contribution in [-0.4, -0.2) is 36.3 Å². The Morgan fingerprint density at radius 1 is 1.18 bits per heavy atom. The number of methoxy groups -OCH3 is 1. The van der Waals surface area contributed by atoms with Crippen molar-refractivity contribution < 1.29 is 24.2 Å². The van der Waals surface area contributed by atoms with Crippen LogP contribution in [0.1, 0.15) is 49.7 Å². The van der Waals surface area contributed by atoms with Gasteiger partial charge in [0.05, 0.1) is 29.7 Å². The van der Waals surface area contributed by atoms with Gasteiger partial charge in [-0.05, 0) is 77.5 Å². The van der Waals surface area contributed by atoms with Gasteiger partial charge in [0.25, 0.3) is 0 Å². The second kappa shape index (κ2) is 9.92. The van der Waals surface area contributed by atoms with Crippen molar-refractivity contribution in [3.8, 4) is 11.5 Å². The number of rotatable bonds is 5. The molecule has 0 radical (unpaired) electrons. The number of ketones is 1. The summed E-state index contributed by atoms with van der Waals surface area (Å²) in [5, 5.41) is 11.1. The predicted octanol–water partition coefficient (Wildman–Crippen LogP) is 5.95. The highest BCUT2D eigenvalue weighted by atomic mass is 79.9. The highest BCUT2D eigenvalue weighted by molar-refractivity contribution is 9.10. The molecule has 1 aliphatic carbocycles. The third-order valence-electron chi connectivity index (χ3n) is 6.41. The van der Waals surface area contributed by atoms with Crippen molar-refractivity contribution in [3.63, 3.8) is 0 Å². The zero-order valence-electron chi connectivity index (χ0n) is 19.1. The first-order chi connectivity index (χ1) is 16.2. The van der Waals surface area contributed by atoms with Crippen LogP contribution in [-0.2, 0) is 14.3 Å². The van der Waals surface area contributed by atoms with Crippen LogP contribution in [0, 0.1) is 5.92 Å². The second-order valence-electron chi connectivity index (χ2n) is 8.45. The maximum atomic E-state index is 13.6. The van der Waals surface area contributed by atoms with Crippen LogP contribution >= 0.6 is 27.5 Å². The van der Waals surface area contributed by atoms with Crippen LogP contribution in [0.15, 0.2) is 57.1 Å². The Labute approximate surface area is 211 Å². The number of ether oxygens (including phenoxy) is 2. The van der Waals surface area contributed by atoms with E-state index in [-0.39, 0.29) is 23.2 Å². The number of phenols is 1. The van der Waals surface area contributed by atoms with E-state index in [1.165, 1.54) is 7.11 Å². The summed E-state index contributed by atoms with van der Waals surface area (Å²) >= 11 is 9.43. The molecule has 1 heterocycles. The van der Waals surface area contributed by atoms with E-state index in [4.69, 9.17) is 26.1 Å². The summed E-state index contributed by atoms with van der Waals surface area (Å²) in [6.45, 7) is 3.93. The predicted molar refractivity (Wildman–Crippen MR) is 134 cm³/mol. The lowest BCUT2D eigenvalue weighted by Gasteiger charge is -2.38. The fraction of sp³-hybridized carbons (Fsp3) is 0.346. The normalized spacial score (nSPS) is 22.2. The number of esters is 1. The number of allylic oxidation sites excluding steroid dienone is 1. The molecule has 2 aliphatic rings. The number of carbonyl (C=O) groups excluding carboxylic acids is 2. The Bertz CT molecular complexity index is 1200. The minimum Gasteiger partial charge on any atom is -0.503 e. The zero-order valence-corrected chi connectivity index (χ0v) is 21.4. The first-order valence-corrected chi connectivity index (χ1v) is 12.2. The Morgan fingerprint density at radius 2 is 1.88 bits per heavy atom. The highest BCUT2D eigenvalue weighted by Crippen LogP contribution is 2.48. The van der Waals surface area contributed by atoms with E-state index >= 15 is 0 Å². The number of hydrogen-bond donors (Lipinski definition) is 1. The molecule has 178 valence electrons. The number of carbonyl (C=O) groups is 2. The number of fused-ring (bicyclic) bond motifs is 1. The number of Topliss-reactive ketones (excluding diaryl/α,β-unsaturated/α-hetero) is 1. The minimum atomic E-state index is -0.604. The van der Waals surface area contributed by atoms with Gasteiger partial charge in [-0.1, -0.05) is 23.7 Å².